The first-order valence-electron chi connectivity index (χ1n) is 6.12. The summed E-state index contributed by atoms with van der Waals surface area (Å²) in [6.45, 7) is 1.60. The number of aliphatic hydroxyl groups is 1. The summed E-state index contributed by atoms with van der Waals surface area (Å²) in [6.07, 6.45) is 1.06. The Morgan fingerprint density at radius 1 is 1.39 bits per heavy atom. The fourth-order valence-electron chi connectivity index (χ4n) is 2.56. The van der Waals surface area contributed by atoms with E-state index in [4.69, 9.17) is 9.47 Å². The van der Waals surface area contributed by atoms with E-state index in [1.807, 2.05) is 25.2 Å². The van der Waals surface area contributed by atoms with Crippen molar-refractivity contribution in [2.75, 3.05) is 27.3 Å². The van der Waals surface area contributed by atoms with Crippen molar-refractivity contribution in [1.29, 1.82) is 0 Å². The van der Waals surface area contributed by atoms with Crippen molar-refractivity contribution in [2.24, 2.45) is 0 Å². The number of nitrogens with zero attached hydrogens (tertiary/aromatic N) is 4. The van der Waals surface area contributed by atoms with Gasteiger partial charge in [0, 0.05) is 6.54 Å². The van der Waals surface area contributed by atoms with Crippen LogP contribution in [0.2, 0.25) is 0 Å². The molecule has 2 fully saturated rings. The van der Waals surface area contributed by atoms with Crippen molar-refractivity contribution in [3.8, 4) is 0 Å². The van der Waals surface area contributed by atoms with Crippen LogP contribution in [-0.4, -0.2) is 70.6 Å². The number of aliphatic hydroxyl groups excluding tert-OH is 1. The zero-order valence-electron chi connectivity index (χ0n) is 10.6. The van der Waals surface area contributed by atoms with E-state index in [0.29, 0.717) is 13.2 Å². The van der Waals surface area contributed by atoms with E-state index in [0.717, 1.165) is 12.2 Å². The van der Waals surface area contributed by atoms with Crippen LogP contribution in [-0.2, 0) is 16.0 Å². The molecule has 0 amide bonds. The Morgan fingerprint density at radius 3 is 2.94 bits per heavy atom. The summed E-state index contributed by atoms with van der Waals surface area (Å²) in [5.74, 6) is 0. The highest BCUT2D eigenvalue weighted by Gasteiger charge is 2.48. The third-order valence-corrected chi connectivity index (χ3v) is 3.38. The van der Waals surface area contributed by atoms with E-state index >= 15 is 0 Å². The lowest BCUT2D eigenvalue weighted by Crippen LogP contribution is -2.30. The molecule has 0 aromatic carbocycles. The molecule has 3 rings (SSSR count). The quantitative estimate of drug-likeness (QED) is 0.749. The number of hydrogen-bond acceptors (Lipinski definition) is 6. The Balaban J connectivity index is 1.73. The zero-order chi connectivity index (χ0) is 12.7. The van der Waals surface area contributed by atoms with Crippen LogP contribution in [0.25, 0.3) is 0 Å². The molecule has 1 N–H and O–H groups in total. The highest BCUT2D eigenvalue weighted by molar-refractivity contribution is 5.00. The number of ether oxygens (including phenoxy) is 2. The third-order valence-electron chi connectivity index (χ3n) is 3.38. The van der Waals surface area contributed by atoms with Gasteiger partial charge in [0.2, 0.25) is 0 Å². The summed E-state index contributed by atoms with van der Waals surface area (Å²) in [4.78, 5) is 2.04. The first-order chi connectivity index (χ1) is 8.65. The molecule has 0 aliphatic carbocycles. The molecule has 0 bridgehead atoms. The van der Waals surface area contributed by atoms with Crippen molar-refractivity contribution >= 4 is 0 Å². The molecule has 2 saturated heterocycles. The van der Waals surface area contributed by atoms with Gasteiger partial charge in [0.25, 0.3) is 0 Å². The maximum Gasteiger partial charge on any atom is 0.114 e. The van der Waals surface area contributed by atoms with E-state index in [2.05, 4.69) is 10.3 Å². The fraction of sp³-hybridized carbons (Fsp3) is 0.818. The van der Waals surface area contributed by atoms with E-state index < -0.39 is 6.10 Å². The average molecular weight is 254 g/mol. The number of aromatic nitrogens is 3. The van der Waals surface area contributed by atoms with Crippen molar-refractivity contribution in [3.05, 3.63) is 11.9 Å². The second-order valence-corrected chi connectivity index (χ2v) is 5.16. The summed E-state index contributed by atoms with van der Waals surface area (Å²) in [6, 6.07) is 0.00978. The van der Waals surface area contributed by atoms with Crippen molar-refractivity contribution in [1.82, 2.24) is 19.9 Å². The molecule has 3 heterocycles. The van der Waals surface area contributed by atoms with Crippen LogP contribution in [0.15, 0.2) is 6.20 Å². The molecule has 4 atom stereocenters. The molecule has 0 spiro atoms. The van der Waals surface area contributed by atoms with E-state index in [-0.39, 0.29) is 18.2 Å². The topological polar surface area (TPSA) is 72.6 Å². The highest BCUT2D eigenvalue weighted by Crippen LogP contribution is 2.33. The van der Waals surface area contributed by atoms with Gasteiger partial charge in [0.15, 0.2) is 0 Å². The van der Waals surface area contributed by atoms with Gasteiger partial charge in [-0.05, 0) is 14.1 Å². The van der Waals surface area contributed by atoms with Gasteiger partial charge in [-0.2, -0.15) is 0 Å². The van der Waals surface area contributed by atoms with Crippen LogP contribution in [0.1, 0.15) is 11.7 Å². The molecule has 7 nitrogen and oxygen atoms in total. The van der Waals surface area contributed by atoms with E-state index in [1.54, 1.807) is 4.68 Å². The van der Waals surface area contributed by atoms with Gasteiger partial charge in [0.05, 0.1) is 25.1 Å². The summed E-state index contributed by atoms with van der Waals surface area (Å²) in [5, 5.41) is 18.0. The lowest BCUT2D eigenvalue weighted by atomic mass is 10.1. The van der Waals surface area contributed by atoms with Gasteiger partial charge in [-0.25, -0.2) is 4.68 Å². The van der Waals surface area contributed by atoms with Gasteiger partial charge in [-0.3, -0.25) is 0 Å². The van der Waals surface area contributed by atoms with Gasteiger partial charge in [-0.1, -0.05) is 5.21 Å². The molecular formula is C11H18N4O3. The monoisotopic (exact) mass is 254 g/mol. The third kappa shape index (κ3) is 2.03. The van der Waals surface area contributed by atoms with Crippen LogP contribution >= 0.6 is 0 Å². The maximum atomic E-state index is 9.69. The second-order valence-electron chi connectivity index (χ2n) is 5.16. The minimum absolute atomic E-state index is 0.00978. The van der Waals surface area contributed by atoms with Crippen LogP contribution in [0, 0.1) is 0 Å². The largest absolute Gasteiger partial charge is 0.388 e. The van der Waals surface area contributed by atoms with Crippen LogP contribution in [0.5, 0.6) is 0 Å². The maximum absolute atomic E-state index is 9.69. The Kier molecular flexibility index (Phi) is 3.06. The summed E-state index contributed by atoms with van der Waals surface area (Å²) >= 11 is 0. The SMILES string of the molecule is CN(C)Cc1cn([C@@H]2CO[C@@H]3[C@@H]2OC[C@H]3O)nn1. The number of rotatable bonds is 3. The molecule has 0 radical (unpaired) electrons. The molecule has 18 heavy (non-hydrogen) atoms. The molecule has 7 heteroatoms. The fourth-order valence-corrected chi connectivity index (χ4v) is 2.56. The number of hydrogen-bond donors (Lipinski definition) is 1. The standard InChI is InChI=1S/C11H18N4O3/c1-14(2)3-7-4-15(13-12-7)8-5-17-11-9(16)6-18-10(8)11/h4,8-11,16H,3,5-6H2,1-2H3/t8-,9-,10-,11+/m1/s1. The van der Waals surface area contributed by atoms with Crippen LogP contribution < -0.4 is 0 Å². The van der Waals surface area contributed by atoms with Gasteiger partial charge < -0.3 is 19.5 Å². The van der Waals surface area contributed by atoms with Crippen LogP contribution in [0.3, 0.4) is 0 Å². The minimum atomic E-state index is -0.523. The predicted molar refractivity (Wildman–Crippen MR) is 61.9 cm³/mol. The summed E-state index contributed by atoms with van der Waals surface area (Å²) < 4.78 is 12.9. The Morgan fingerprint density at radius 2 is 2.17 bits per heavy atom. The van der Waals surface area contributed by atoms with Crippen molar-refractivity contribution in [2.45, 2.75) is 30.9 Å². The van der Waals surface area contributed by atoms with Gasteiger partial charge in [0.1, 0.15) is 24.4 Å². The average Bonchev–Trinajstić information content (AvgIpc) is 2.96. The van der Waals surface area contributed by atoms with E-state index in [9.17, 15) is 5.11 Å². The molecule has 0 saturated carbocycles. The Hall–Kier alpha value is -1.02. The lowest BCUT2D eigenvalue weighted by Gasteiger charge is -2.15. The smallest absolute Gasteiger partial charge is 0.114 e. The molecule has 2 aliphatic rings. The lowest BCUT2D eigenvalue weighted by molar-refractivity contribution is 0.0169. The normalized spacial score (nSPS) is 35.3. The molecule has 2 aliphatic heterocycles. The molecular weight excluding hydrogens is 236 g/mol. The van der Waals surface area contributed by atoms with Crippen molar-refractivity contribution in [3.63, 3.8) is 0 Å². The molecule has 1 aromatic rings. The van der Waals surface area contributed by atoms with Gasteiger partial charge in [-0.15, -0.1) is 5.10 Å². The molecule has 0 unspecified atom stereocenters. The second kappa shape index (κ2) is 4.58. The summed E-state index contributed by atoms with van der Waals surface area (Å²) in [7, 11) is 3.98. The predicted octanol–water partition coefficient (Wildman–Crippen LogP) is -0.961. The highest BCUT2D eigenvalue weighted by atomic mass is 16.6. The van der Waals surface area contributed by atoms with Gasteiger partial charge >= 0.3 is 0 Å². The Labute approximate surface area is 105 Å². The zero-order valence-corrected chi connectivity index (χ0v) is 10.6. The Bertz CT molecular complexity index is 422. The summed E-state index contributed by atoms with van der Waals surface area (Å²) in [5.41, 5.74) is 0.919. The first-order valence-corrected chi connectivity index (χ1v) is 6.12. The van der Waals surface area contributed by atoms with Crippen LogP contribution in [0.4, 0.5) is 0 Å². The first kappa shape index (κ1) is 12.0. The minimum Gasteiger partial charge on any atom is -0.388 e. The molecule has 100 valence electrons. The number of fused-ring (bicyclic) bond motifs is 1. The van der Waals surface area contributed by atoms with E-state index in [1.165, 1.54) is 0 Å². The van der Waals surface area contributed by atoms with Crippen molar-refractivity contribution < 1.29 is 14.6 Å². The molecule has 1 aromatic heterocycles.